The molecule has 0 aromatic carbocycles. The second kappa shape index (κ2) is 3.58. The van der Waals surface area contributed by atoms with Crippen molar-refractivity contribution in [2.24, 2.45) is 11.8 Å². The molecule has 0 radical (unpaired) electrons. The first-order valence-corrected chi connectivity index (χ1v) is 5.66. The van der Waals surface area contributed by atoms with Crippen LogP contribution in [-0.4, -0.2) is 36.6 Å². The van der Waals surface area contributed by atoms with E-state index in [1.165, 1.54) is 26.1 Å². The van der Waals surface area contributed by atoms with E-state index in [0.29, 0.717) is 0 Å². The molecule has 0 bridgehead atoms. The standard InChI is InChI=1S/C11H22N2/c1-8(2)13-5-4-11-9(3)12-6-10(11)7-13/h8-12H,4-7H2,1-3H3. The minimum atomic E-state index is 0.733. The third-order valence-corrected chi connectivity index (χ3v) is 3.90. The fourth-order valence-electron chi connectivity index (χ4n) is 2.91. The van der Waals surface area contributed by atoms with Crippen LogP contribution in [0.15, 0.2) is 0 Å². The second-order valence-corrected chi connectivity index (χ2v) is 5.00. The van der Waals surface area contributed by atoms with Crippen LogP contribution >= 0.6 is 0 Å². The van der Waals surface area contributed by atoms with E-state index in [0.717, 1.165) is 23.9 Å². The fourth-order valence-corrected chi connectivity index (χ4v) is 2.91. The molecular weight excluding hydrogens is 160 g/mol. The van der Waals surface area contributed by atoms with Crippen molar-refractivity contribution in [3.8, 4) is 0 Å². The van der Waals surface area contributed by atoms with Crippen LogP contribution in [0.3, 0.4) is 0 Å². The Labute approximate surface area is 81.7 Å². The summed E-state index contributed by atoms with van der Waals surface area (Å²) in [6.07, 6.45) is 1.40. The molecule has 0 aromatic heterocycles. The number of nitrogens with zero attached hydrogens (tertiary/aromatic N) is 1. The van der Waals surface area contributed by atoms with Gasteiger partial charge in [0.1, 0.15) is 0 Å². The summed E-state index contributed by atoms with van der Waals surface area (Å²) in [5.41, 5.74) is 0. The minimum Gasteiger partial charge on any atom is -0.314 e. The molecule has 2 fully saturated rings. The highest BCUT2D eigenvalue weighted by atomic mass is 15.2. The summed E-state index contributed by atoms with van der Waals surface area (Å²) in [5, 5.41) is 3.59. The van der Waals surface area contributed by atoms with Crippen molar-refractivity contribution in [3.05, 3.63) is 0 Å². The van der Waals surface area contributed by atoms with Gasteiger partial charge in [0.2, 0.25) is 0 Å². The zero-order valence-corrected chi connectivity index (χ0v) is 9.09. The number of fused-ring (bicyclic) bond motifs is 1. The summed E-state index contributed by atoms with van der Waals surface area (Å²) in [4.78, 5) is 2.63. The molecule has 0 saturated carbocycles. The predicted octanol–water partition coefficient (Wildman–Crippen LogP) is 1.32. The molecule has 76 valence electrons. The van der Waals surface area contributed by atoms with Crippen LogP contribution in [0.5, 0.6) is 0 Å². The average molecular weight is 182 g/mol. The lowest BCUT2D eigenvalue weighted by molar-refractivity contribution is 0.111. The first-order chi connectivity index (χ1) is 6.18. The molecular formula is C11H22N2. The summed E-state index contributed by atoms with van der Waals surface area (Å²) in [6, 6.07) is 1.50. The third-order valence-electron chi connectivity index (χ3n) is 3.90. The Morgan fingerprint density at radius 1 is 1.38 bits per heavy atom. The van der Waals surface area contributed by atoms with Crippen molar-refractivity contribution in [1.82, 2.24) is 10.2 Å². The van der Waals surface area contributed by atoms with Crippen molar-refractivity contribution < 1.29 is 0 Å². The fraction of sp³-hybridized carbons (Fsp3) is 1.00. The molecule has 0 amide bonds. The highest BCUT2D eigenvalue weighted by Crippen LogP contribution is 2.31. The van der Waals surface area contributed by atoms with Crippen molar-refractivity contribution in [3.63, 3.8) is 0 Å². The van der Waals surface area contributed by atoms with Gasteiger partial charge in [-0.25, -0.2) is 0 Å². The smallest absolute Gasteiger partial charge is 0.00712 e. The van der Waals surface area contributed by atoms with Gasteiger partial charge in [0.25, 0.3) is 0 Å². The van der Waals surface area contributed by atoms with Crippen LogP contribution in [0.4, 0.5) is 0 Å². The average Bonchev–Trinajstić information content (AvgIpc) is 2.47. The maximum Gasteiger partial charge on any atom is 0.00712 e. The van der Waals surface area contributed by atoms with Crippen molar-refractivity contribution in [2.75, 3.05) is 19.6 Å². The third kappa shape index (κ3) is 1.75. The van der Waals surface area contributed by atoms with Crippen LogP contribution in [-0.2, 0) is 0 Å². The Bertz CT molecular complexity index is 179. The molecule has 3 atom stereocenters. The number of rotatable bonds is 1. The van der Waals surface area contributed by atoms with Crippen LogP contribution in [0.25, 0.3) is 0 Å². The van der Waals surface area contributed by atoms with Crippen LogP contribution in [0, 0.1) is 11.8 Å². The van der Waals surface area contributed by atoms with E-state index >= 15 is 0 Å². The maximum absolute atomic E-state index is 3.59. The molecule has 2 nitrogen and oxygen atoms in total. The molecule has 2 aliphatic heterocycles. The summed E-state index contributed by atoms with van der Waals surface area (Å²) in [7, 11) is 0. The number of hydrogen-bond acceptors (Lipinski definition) is 2. The summed E-state index contributed by atoms with van der Waals surface area (Å²) < 4.78 is 0. The largest absolute Gasteiger partial charge is 0.314 e. The number of piperidine rings is 1. The highest BCUT2D eigenvalue weighted by Gasteiger charge is 2.37. The van der Waals surface area contributed by atoms with Crippen LogP contribution in [0.1, 0.15) is 27.2 Å². The van der Waals surface area contributed by atoms with Gasteiger partial charge in [0.05, 0.1) is 0 Å². The van der Waals surface area contributed by atoms with Gasteiger partial charge in [0, 0.05) is 18.6 Å². The normalized spacial score (nSPS) is 41.1. The molecule has 1 N–H and O–H groups in total. The lowest BCUT2D eigenvalue weighted by Crippen LogP contribution is -2.44. The van der Waals surface area contributed by atoms with Gasteiger partial charge in [-0.1, -0.05) is 0 Å². The molecule has 2 aliphatic rings. The number of likely N-dealkylation sites (tertiary alicyclic amines) is 1. The Hall–Kier alpha value is -0.0800. The molecule has 2 saturated heterocycles. The Balaban J connectivity index is 1.95. The van der Waals surface area contributed by atoms with Crippen molar-refractivity contribution in [1.29, 1.82) is 0 Å². The highest BCUT2D eigenvalue weighted by molar-refractivity contribution is 4.93. The lowest BCUT2D eigenvalue weighted by Gasteiger charge is -2.38. The minimum absolute atomic E-state index is 0.733. The SMILES string of the molecule is CC1NCC2CN(C(C)C)CCC21. The molecule has 13 heavy (non-hydrogen) atoms. The Morgan fingerprint density at radius 2 is 2.15 bits per heavy atom. The molecule has 0 aliphatic carbocycles. The zero-order valence-electron chi connectivity index (χ0n) is 9.09. The number of nitrogens with one attached hydrogen (secondary N) is 1. The quantitative estimate of drug-likeness (QED) is 0.658. The zero-order chi connectivity index (χ0) is 9.42. The lowest BCUT2D eigenvalue weighted by atomic mass is 9.84. The van der Waals surface area contributed by atoms with E-state index in [1.807, 2.05) is 0 Å². The maximum atomic E-state index is 3.59. The van der Waals surface area contributed by atoms with E-state index in [2.05, 4.69) is 31.0 Å². The van der Waals surface area contributed by atoms with Gasteiger partial charge in [-0.05, 0) is 52.1 Å². The Morgan fingerprint density at radius 3 is 2.85 bits per heavy atom. The first-order valence-electron chi connectivity index (χ1n) is 5.66. The first kappa shape index (κ1) is 9.47. The van der Waals surface area contributed by atoms with Crippen molar-refractivity contribution in [2.45, 2.75) is 39.3 Å². The van der Waals surface area contributed by atoms with E-state index < -0.39 is 0 Å². The Kier molecular flexibility index (Phi) is 2.61. The monoisotopic (exact) mass is 182 g/mol. The van der Waals surface area contributed by atoms with Gasteiger partial charge in [0.15, 0.2) is 0 Å². The van der Waals surface area contributed by atoms with Gasteiger partial charge in [-0.3, -0.25) is 0 Å². The number of hydrogen-bond donors (Lipinski definition) is 1. The molecule has 0 spiro atoms. The van der Waals surface area contributed by atoms with E-state index in [4.69, 9.17) is 0 Å². The summed E-state index contributed by atoms with van der Waals surface area (Å²) in [6.45, 7) is 10.8. The molecule has 3 unspecified atom stereocenters. The van der Waals surface area contributed by atoms with Gasteiger partial charge in [-0.15, -0.1) is 0 Å². The van der Waals surface area contributed by atoms with Gasteiger partial charge < -0.3 is 10.2 Å². The summed E-state index contributed by atoms with van der Waals surface area (Å²) in [5.74, 6) is 1.88. The van der Waals surface area contributed by atoms with E-state index in [1.54, 1.807) is 0 Å². The molecule has 2 heterocycles. The summed E-state index contributed by atoms with van der Waals surface area (Å²) >= 11 is 0. The van der Waals surface area contributed by atoms with E-state index in [9.17, 15) is 0 Å². The molecule has 2 heteroatoms. The van der Waals surface area contributed by atoms with Crippen LogP contribution < -0.4 is 5.32 Å². The second-order valence-electron chi connectivity index (χ2n) is 5.00. The predicted molar refractivity (Wildman–Crippen MR) is 55.8 cm³/mol. The topological polar surface area (TPSA) is 15.3 Å². The van der Waals surface area contributed by atoms with Crippen LogP contribution in [0.2, 0.25) is 0 Å². The van der Waals surface area contributed by atoms with Crippen molar-refractivity contribution >= 4 is 0 Å². The molecule has 0 aromatic rings. The molecule has 2 rings (SSSR count). The van der Waals surface area contributed by atoms with Gasteiger partial charge in [-0.2, -0.15) is 0 Å². The van der Waals surface area contributed by atoms with E-state index in [-0.39, 0.29) is 0 Å². The van der Waals surface area contributed by atoms with Gasteiger partial charge >= 0.3 is 0 Å².